The Labute approximate surface area is 112 Å². The molecule has 2 aliphatic carbocycles. The molecule has 0 radical (unpaired) electrons. The van der Waals surface area contributed by atoms with Crippen molar-refractivity contribution in [1.29, 1.82) is 0 Å². The van der Waals surface area contributed by atoms with E-state index in [2.05, 4.69) is 23.9 Å². The Hall–Kier alpha value is -0.120. The van der Waals surface area contributed by atoms with Crippen molar-refractivity contribution in [3.63, 3.8) is 0 Å². The molecule has 0 spiro atoms. The molecule has 0 aromatic carbocycles. The fourth-order valence-electron chi connectivity index (χ4n) is 5.17. The van der Waals surface area contributed by atoms with Gasteiger partial charge >= 0.3 is 0 Å². The van der Waals surface area contributed by atoms with Gasteiger partial charge in [-0.3, -0.25) is 4.90 Å². The van der Waals surface area contributed by atoms with E-state index in [0.29, 0.717) is 5.54 Å². The topological polar surface area (TPSA) is 32.5 Å². The maximum Gasteiger partial charge on any atom is 0.0366 e. The van der Waals surface area contributed by atoms with Crippen LogP contribution < -0.4 is 5.73 Å². The van der Waals surface area contributed by atoms with E-state index in [1.807, 2.05) is 0 Å². The number of rotatable bonds is 4. The summed E-state index contributed by atoms with van der Waals surface area (Å²) >= 11 is 0. The summed E-state index contributed by atoms with van der Waals surface area (Å²) in [4.78, 5) is 5.18. The van der Waals surface area contributed by atoms with E-state index < -0.39 is 0 Å². The third-order valence-electron chi connectivity index (χ3n) is 5.82. The first-order valence-corrected chi connectivity index (χ1v) is 7.77. The lowest BCUT2D eigenvalue weighted by Gasteiger charge is -2.48. The van der Waals surface area contributed by atoms with Crippen molar-refractivity contribution in [3.8, 4) is 0 Å². The smallest absolute Gasteiger partial charge is 0.0366 e. The SMILES string of the molecule is CN(C)CC1CCCN1C1(CN)CC2CCC1C2. The minimum Gasteiger partial charge on any atom is -0.329 e. The van der Waals surface area contributed by atoms with Crippen molar-refractivity contribution in [2.75, 3.05) is 33.7 Å². The van der Waals surface area contributed by atoms with E-state index in [-0.39, 0.29) is 0 Å². The van der Waals surface area contributed by atoms with Crippen LogP contribution in [0.5, 0.6) is 0 Å². The zero-order valence-corrected chi connectivity index (χ0v) is 12.1. The maximum absolute atomic E-state index is 6.27. The molecule has 0 amide bonds. The summed E-state index contributed by atoms with van der Waals surface area (Å²) in [6.45, 7) is 3.39. The van der Waals surface area contributed by atoms with Crippen molar-refractivity contribution in [2.45, 2.75) is 50.1 Å². The molecule has 2 saturated carbocycles. The van der Waals surface area contributed by atoms with Crippen LogP contribution in [-0.2, 0) is 0 Å². The molecule has 0 aromatic heterocycles. The van der Waals surface area contributed by atoms with Gasteiger partial charge in [-0.05, 0) is 64.6 Å². The minimum atomic E-state index is 0.375. The number of hydrogen-bond donors (Lipinski definition) is 1. The van der Waals surface area contributed by atoms with Crippen molar-refractivity contribution in [2.24, 2.45) is 17.6 Å². The lowest BCUT2D eigenvalue weighted by molar-refractivity contribution is 0.0229. The molecule has 104 valence electrons. The highest BCUT2D eigenvalue weighted by Gasteiger charge is 2.55. The molecule has 2 N–H and O–H groups in total. The summed E-state index contributed by atoms with van der Waals surface area (Å²) < 4.78 is 0. The fraction of sp³-hybridized carbons (Fsp3) is 1.00. The summed E-state index contributed by atoms with van der Waals surface area (Å²) in [6.07, 6.45) is 8.50. The molecule has 4 atom stereocenters. The van der Waals surface area contributed by atoms with Gasteiger partial charge in [-0.25, -0.2) is 0 Å². The molecular weight excluding hydrogens is 222 g/mol. The Morgan fingerprint density at radius 3 is 2.67 bits per heavy atom. The van der Waals surface area contributed by atoms with E-state index in [9.17, 15) is 0 Å². The first kappa shape index (κ1) is 12.9. The molecule has 3 aliphatic rings. The Bertz CT molecular complexity index is 304. The third-order valence-corrected chi connectivity index (χ3v) is 5.82. The highest BCUT2D eigenvalue weighted by Crippen LogP contribution is 2.54. The summed E-state index contributed by atoms with van der Waals surface area (Å²) in [5.41, 5.74) is 6.65. The van der Waals surface area contributed by atoms with Gasteiger partial charge in [-0.1, -0.05) is 6.42 Å². The number of fused-ring (bicyclic) bond motifs is 2. The van der Waals surface area contributed by atoms with E-state index in [1.54, 1.807) is 0 Å². The van der Waals surface area contributed by atoms with Crippen LogP contribution in [0, 0.1) is 11.8 Å². The third kappa shape index (κ3) is 1.91. The van der Waals surface area contributed by atoms with E-state index in [1.165, 1.54) is 51.6 Å². The average Bonchev–Trinajstić information content (AvgIpc) is 3.01. The lowest BCUT2D eigenvalue weighted by atomic mass is 9.79. The summed E-state index contributed by atoms with van der Waals surface area (Å²) in [5.74, 6) is 1.88. The normalized spacial score (nSPS) is 44.3. The van der Waals surface area contributed by atoms with Crippen LogP contribution in [0.15, 0.2) is 0 Å². The molecular formula is C15H29N3. The van der Waals surface area contributed by atoms with Gasteiger partial charge in [0, 0.05) is 24.7 Å². The van der Waals surface area contributed by atoms with Crippen LogP contribution in [0.2, 0.25) is 0 Å². The van der Waals surface area contributed by atoms with Crippen molar-refractivity contribution < 1.29 is 0 Å². The molecule has 1 aliphatic heterocycles. The Morgan fingerprint density at radius 1 is 1.28 bits per heavy atom. The van der Waals surface area contributed by atoms with Crippen LogP contribution in [0.25, 0.3) is 0 Å². The van der Waals surface area contributed by atoms with Crippen LogP contribution in [0.4, 0.5) is 0 Å². The average molecular weight is 251 g/mol. The Morgan fingerprint density at radius 2 is 2.11 bits per heavy atom. The molecule has 1 saturated heterocycles. The molecule has 3 heteroatoms. The highest BCUT2D eigenvalue weighted by atomic mass is 15.3. The predicted molar refractivity (Wildman–Crippen MR) is 75.5 cm³/mol. The van der Waals surface area contributed by atoms with Gasteiger partial charge in [-0.2, -0.15) is 0 Å². The number of nitrogens with two attached hydrogens (primary N) is 1. The molecule has 3 fully saturated rings. The molecule has 3 nitrogen and oxygen atoms in total. The monoisotopic (exact) mass is 251 g/mol. The quantitative estimate of drug-likeness (QED) is 0.822. The molecule has 3 rings (SSSR count). The van der Waals surface area contributed by atoms with Crippen LogP contribution in [0.1, 0.15) is 38.5 Å². The standard InChI is InChI=1S/C15H29N3/c1-17(2)10-14-4-3-7-18(14)15(11-16)9-12-5-6-13(15)8-12/h12-14H,3-11,16H2,1-2H3. The Kier molecular flexibility index (Phi) is 3.41. The molecule has 4 unspecified atom stereocenters. The first-order chi connectivity index (χ1) is 8.65. The van der Waals surface area contributed by atoms with Gasteiger partial charge in [-0.15, -0.1) is 0 Å². The Balaban J connectivity index is 1.79. The van der Waals surface area contributed by atoms with Crippen molar-refractivity contribution in [1.82, 2.24) is 9.80 Å². The van der Waals surface area contributed by atoms with Crippen LogP contribution >= 0.6 is 0 Å². The number of likely N-dealkylation sites (tertiary alicyclic amines) is 1. The fourth-order valence-corrected chi connectivity index (χ4v) is 5.17. The van der Waals surface area contributed by atoms with Crippen molar-refractivity contribution in [3.05, 3.63) is 0 Å². The number of hydrogen-bond acceptors (Lipinski definition) is 3. The number of likely N-dealkylation sites (N-methyl/N-ethyl adjacent to an activating group) is 1. The second-order valence-corrected chi connectivity index (χ2v) is 7.14. The molecule has 18 heavy (non-hydrogen) atoms. The minimum absolute atomic E-state index is 0.375. The lowest BCUT2D eigenvalue weighted by Crippen LogP contribution is -2.60. The first-order valence-electron chi connectivity index (χ1n) is 7.77. The predicted octanol–water partition coefficient (Wildman–Crippen LogP) is 1.53. The molecule has 1 heterocycles. The van der Waals surface area contributed by atoms with Gasteiger partial charge in [0.2, 0.25) is 0 Å². The maximum atomic E-state index is 6.27. The van der Waals surface area contributed by atoms with E-state index in [0.717, 1.165) is 24.4 Å². The highest BCUT2D eigenvalue weighted by molar-refractivity contribution is 5.10. The molecule has 2 bridgehead atoms. The number of nitrogens with zero attached hydrogens (tertiary/aromatic N) is 2. The van der Waals surface area contributed by atoms with Gasteiger partial charge < -0.3 is 10.6 Å². The van der Waals surface area contributed by atoms with Gasteiger partial charge in [0.25, 0.3) is 0 Å². The largest absolute Gasteiger partial charge is 0.329 e. The van der Waals surface area contributed by atoms with E-state index >= 15 is 0 Å². The zero-order chi connectivity index (χ0) is 12.8. The van der Waals surface area contributed by atoms with E-state index in [4.69, 9.17) is 5.73 Å². The van der Waals surface area contributed by atoms with Gasteiger partial charge in [0.05, 0.1) is 0 Å². The van der Waals surface area contributed by atoms with Crippen LogP contribution in [-0.4, -0.2) is 55.1 Å². The second-order valence-electron chi connectivity index (χ2n) is 7.14. The summed E-state index contributed by atoms with van der Waals surface area (Å²) in [6, 6.07) is 0.753. The van der Waals surface area contributed by atoms with Gasteiger partial charge in [0.1, 0.15) is 0 Å². The zero-order valence-electron chi connectivity index (χ0n) is 12.1. The molecule has 0 aromatic rings. The van der Waals surface area contributed by atoms with Crippen LogP contribution in [0.3, 0.4) is 0 Å². The summed E-state index contributed by atoms with van der Waals surface area (Å²) in [7, 11) is 4.40. The summed E-state index contributed by atoms with van der Waals surface area (Å²) in [5, 5.41) is 0. The second kappa shape index (κ2) is 4.77. The van der Waals surface area contributed by atoms with Gasteiger partial charge in [0.15, 0.2) is 0 Å². The van der Waals surface area contributed by atoms with Crippen molar-refractivity contribution >= 4 is 0 Å².